The SMILES string of the molecule is CCC(C[S-](=N)=O)OC. The maximum Gasteiger partial charge on any atom is 0.0418 e. The van der Waals surface area contributed by atoms with E-state index in [0.717, 1.165) is 6.42 Å². The summed E-state index contributed by atoms with van der Waals surface area (Å²) in [6, 6.07) is 0. The van der Waals surface area contributed by atoms with Crippen LogP contribution in [0.25, 0.3) is 0 Å². The van der Waals surface area contributed by atoms with Crippen molar-refractivity contribution >= 4 is 10.6 Å². The van der Waals surface area contributed by atoms with Crippen LogP contribution in [0.15, 0.2) is 0 Å². The van der Waals surface area contributed by atoms with E-state index in [1.807, 2.05) is 6.92 Å². The Balaban J connectivity index is 3.55. The Labute approximate surface area is 57.4 Å². The minimum absolute atomic E-state index is 0.0108. The van der Waals surface area contributed by atoms with Crippen molar-refractivity contribution in [3.63, 3.8) is 0 Å². The highest BCUT2D eigenvalue weighted by Gasteiger charge is 1.96. The van der Waals surface area contributed by atoms with Crippen LogP contribution in [0.2, 0.25) is 0 Å². The monoisotopic (exact) mass is 150 g/mol. The van der Waals surface area contributed by atoms with Gasteiger partial charge in [0.2, 0.25) is 0 Å². The number of hydrogen-bond acceptors (Lipinski definition) is 4. The van der Waals surface area contributed by atoms with Crippen LogP contribution in [-0.2, 0) is 19.5 Å². The van der Waals surface area contributed by atoms with Crippen LogP contribution in [0.1, 0.15) is 13.3 Å². The molecule has 1 unspecified atom stereocenters. The van der Waals surface area contributed by atoms with Crippen molar-refractivity contribution in [3.8, 4) is 0 Å². The Morgan fingerprint density at radius 2 is 2.33 bits per heavy atom. The van der Waals surface area contributed by atoms with E-state index in [2.05, 4.69) is 0 Å². The first-order valence-electron chi connectivity index (χ1n) is 2.83. The van der Waals surface area contributed by atoms with Gasteiger partial charge in [0, 0.05) is 13.2 Å². The number of rotatable bonds is 4. The Kier molecular flexibility index (Phi) is 4.71. The van der Waals surface area contributed by atoms with Gasteiger partial charge < -0.3 is 13.7 Å². The Hall–Kier alpha value is -0.0900. The first-order chi connectivity index (χ1) is 4.20. The molecule has 0 aliphatic heterocycles. The molecular formula is C5H12NO2S-. The van der Waals surface area contributed by atoms with Crippen LogP contribution < -0.4 is 0 Å². The summed E-state index contributed by atoms with van der Waals surface area (Å²) < 4.78 is 21.9. The average Bonchev–Trinajstić information content (AvgIpc) is 1.82. The Bertz CT molecular complexity index is 121. The topological polar surface area (TPSA) is 50.2 Å². The van der Waals surface area contributed by atoms with Gasteiger partial charge in [0.05, 0.1) is 0 Å². The molecule has 0 aliphatic rings. The van der Waals surface area contributed by atoms with E-state index >= 15 is 0 Å². The molecule has 3 nitrogen and oxygen atoms in total. The molecule has 0 aromatic rings. The van der Waals surface area contributed by atoms with Gasteiger partial charge >= 0.3 is 0 Å². The predicted molar refractivity (Wildman–Crippen MR) is 36.7 cm³/mol. The van der Waals surface area contributed by atoms with Gasteiger partial charge in [-0.15, -0.1) is 0 Å². The lowest BCUT2D eigenvalue weighted by Gasteiger charge is -2.12. The summed E-state index contributed by atoms with van der Waals surface area (Å²) in [5.74, 6) is 0.326. The first-order valence-corrected chi connectivity index (χ1v) is 4.15. The zero-order valence-electron chi connectivity index (χ0n) is 5.72. The summed E-state index contributed by atoms with van der Waals surface area (Å²) in [6.07, 6.45) is 0.810. The van der Waals surface area contributed by atoms with Crippen molar-refractivity contribution < 1.29 is 8.95 Å². The minimum atomic E-state index is -1.47. The third-order valence-electron chi connectivity index (χ3n) is 1.13. The van der Waals surface area contributed by atoms with E-state index in [-0.39, 0.29) is 6.10 Å². The molecule has 1 atom stereocenters. The molecule has 1 N–H and O–H groups in total. The number of hydrogen-bond donors (Lipinski definition) is 1. The molecule has 9 heavy (non-hydrogen) atoms. The molecule has 0 bridgehead atoms. The van der Waals surface area contributed by atoms with E-state index in [0.29, 0.717) is 5.75 Å². The fraction of sp³-hybridized carbons (Fsp3) is 1.00. The number of methoxy groups -OCH3 is 1. The van der Waals surface area contributed by atoms with Crippen LogP contribution in [0.5, 0.6) is 0 Å². The highest BCUT2D eigenvalue weighted by molar-refractivity contribution is 7.73. The molecule has 0 spiro atoms. The molecule has 0 amide bonds. The zero-order chi connectivity index (χ0) is 7.28. The van der Waals surface area contributed by atoms with Crippen molar-refractivity contribution in [1.29, 1.82) is 4.78 Å². The van der Waals surface area contributed by atoms with E-state index in [9.17, 15) is 4.21 Å². The molecule has 0 saturated heterocycles. The molecule has 0 fully saturated rings. The van der Waals surface area contributed by atoms with E-state index in [4.69, 9.17) is 9.52 Å². The van der Waals surface area contributed by atoms with Gasteiger partial charge in [-0.3, -0.25) is 0 Å². The van der Waals surface area contributed by atoms with Crippen molar-refractivity contribution in [2.24, 2.45) is 0 Å². The van der Waals surface area contributed by atoms with Gasteiger partial charge in [0.25, 0.3) is 0 Å². The average molecular weight is 150 g/mol. The molecule has 0 radical (unpaired) electrons. The molecule has 0 rings (SSSR count). The summed E-state index contributed by atoms with van der Waals surface area (Å²) in [5.41, 5.74) is 0. The molecule has 0 saturated carbocycles. The van der Waals surface area contributed by atoms with Crippen molar-refractivity contribution in [1.82, 2.24) is 0 Å². The Morgan fingerprint density at radius 3 is 2.44 bits per heavy atom. The van der Waals surface area contributed by atoms with Crippen molar-refractivity contribution in [2.75, 3.05) is 12.9 Å². The third-order valence-corrected chi connectivity index (χ3v) is 1.80. The molecule has 0 heterocycles. The fourth-order valence-electron chi connectivity index (χ4n) is 0.521. The fourth-order valence-corrected chi connectivity index (χ4v) is 1.23. The van der Waals surface area contributed by atoms with Gasteiger partial charge in [-0.1, -0.05) is 12.7 Å². The van der Waals surface area contributed by atoms with Crippen molar-refractivity contribution in [2.45, 2.75) is 19.4 Å². The summed E-state index contributed by atoms with van der Waals surface area (Å²) in [5, 5.41) is 0. The van der Waals surface area contributed by atoms with E-state index in [1.165, 1.54) is 0 Å². The van der Waals surface area contributed by atoms with Crippen LogP contribution in [-0.4, -0.2) is 19.0 Å². The normalized spacial score (nSPS) is 14.1. The molecule has 56 valence electrons. The van der Waals surface area contributed by atoms with E-state index < -0.39 is 10.6 Å². The molecular weight excluding hydrogens is 138 g/mol. The molecule has 0 aliphatic carbocycles. The molecule has 4 heteroatoms. The maximum absolute atomic E-state index is 10.3. The summed E-state index contributed by atoms with van der Waals surface area (Å²) >= 11 is 0. The summed E-state index contributed by atoms with van der Waals surface area (Å²) in [4.78, 5) is 0. The van der Waals surface area contributed by atoms with Crippen molar-refractivity contribution in [3.05, 3.63) is 0 Å². The molecule has 0 aromatic carbocycles. The smallest absolute Gasteiger partial charge is 0.0418 e. The lowest BCUT2D eigenvalue weighted by Crippen LogP contribution is -2.14. The second-order valence-electron chi connectivity index (χ2n) is 1.78. The van der Waals surface area contributed by atoms with Crippen LogP contribution >= 0.6 is 0 Å². The van der Waals surface area contributed by atoms with Crippen LogP contribution in [0.4, 0.5) is 0 Å². The standard InChI is InChI=1S/C5H12NO2S/c1-3-5(8-2)4-9(6)7/h5-6H,3-4H2,1-2H3/q-1. The summed E-state index contributed by atoms with van der Waals surface area (Å²) in [7, 11) is 0.100. The van der Waals surface area contributed by atoms with Crippen LogP contribution in [0, 0.1) is 4.78 Å². The lowest BCUT2D eigenvalue weighted by atomic mass is 10.3. The first kappa shape index (κ1) is 8.91. The predicted octanol–water partition coefficient (Wildman–Crippen LogP) is 1.14. The third kappa shape index (κ3) is 4.42. The minimum Gasteiger partial charge on any atom is -0.445 e. The zero-order valence-corrected chi connectivity index (χ0v) is 6.53. The van der Waals surface area contributed by atoms with Gasteiger partial charge in [-0.2, -0.15) is 10.6 Å². The second-order valence-corrected chi connectivity index (χ2v) is 2.80. The number of nitrogens with one attached hydrogen (secondary N) is 1. The Morgan fingerprint density at radius 1 is 1.78 bits per heavy atom. The second kappa shape index (κ2) is 4.76. The van der Waals surface area contributed by atoms with Gasteiger partial charge in [0.15, 0.2) is 0 Å². The summed E-state index contributed by atoms with van der Waals surface area (Å²) in [6.45, 7) is 1.95. The maximum atomic E-state index is 10.3. The molecule has 0 aromatic heterocycles. The van der Waals surface area contributed by atoms with Gasteiger partial charge in [-0.25, -0.2) is 0 Å². The van der Waals surface area contributed by atoms with Gasteiger partial charge in [-0.05, 0) is 6.42 Å². The van der Waals surface area contributed by atoms with Gasteiger partial charge in [0.1, 0.15) is 0 Å². The highest BCUT2D eigenvalue weighted by atomic mass is 32.2. The number of ether oxygens (including phenoxy) is 1. The quantitative estimate of drug-likeness (QED) is 0.611. The van der Waals surface area contributed by atoms with Crippen LogP contribution in [0.3, 0.4) is 0 Å². The van der Waals surface area contributed by atoms with E-state index in [1.54, 1.807) is 7.11 Å². The highest BCUT2D eigenvalue weighted by Crippen LogP contribution is 1.95. The lowest BCUT2D eigenvalue weighted by molar-refractivity contribution is 0.118. The largest absolute Gasteiger partial charge is 0.445 e.